The third-order valence-electron chi connectivity index (χ3n) is 3.61. The van der Waals surface area contributed by atoms with E-state index in [1.165, 1.54) is 32.1 Å². The highest BCUT2D eigenvalue weighted by molar-refractivity contribution is 14.0. The fourth-order valence-electron chi connectivity index (χ4n) is 2.49. The van der Waals surface area contributed by atoms with Gasteiger partial charge in [0, 0.05) is 24.4 Å². The maximum atomic E-state index is 4.69. The lowest BCUT2D eigenvalue weighted by Crippen LogP contribution is -2.42. The molecule has 1 rings (SSSR count). The average Bonchev–Trinajstić information content (AvgIpc) is 2.82. The van der Waals surface area contributed by atoms with E-state index in [1.54, 1.807) is 0 Å². The highest BCUT2D eigenvalue weighted by Gasteiger charge is 2.24. The Balaban J connectivity index is 0.00000361. The van der Waals surface area contributed by atoms with Gasteiger partial charge in [0.05, 0.1) is 0 Å². The molecule has 2 unspecified atom stereocenters. The van der Waals surface area contributed by atoms with Gasteiger partial charge in [-0.2, -0.15) is 11.8 Å². The van der Waals surface area contributed by atoms with Crippen molar-refractivity contribution in [2.24, 2.45) is 10.9 Å². The van der Waals surface area contributed by atoms with Crippen LogP contribution in [0.25, 0.3) is 0 Å². The minimum atomic E-state index is 0. The molecule has 1 fully saturated rings. The van der Waals surface area contributed by atoms with Crippen molar-refractivity contribution in [3.05, 3.63) is 0 Å². The number of hydrogen-bond acceptors (Lipinski definition) is 2. The number of aliphatic imine (C=N–C) groups is 1. The third-order valence-corrected chi connectivity index (χ3v) is 4.71. The maximum absolute atomic E-state index is 4.69. The second-order valence-electron chi connectivity index (χ2n) is 5.81. The Bertz CT molecular complexity index is 272. The largest absolute Gasteiger partial charge is 0.357 e. The van der Waals surface area contributed by atoms with Crippen LogP contribution in [-0.2, 0) is 0 Å². The van der Waals surface area contributed by atoms with Crippen LogP contribution in [0, 0.1) is 5.92 Å². The summed E-state index contributed by atoms with van der Waals surface area (Å²) in [5.41, 5.74) is 0. The number of thioether (sulfide) groups is 1. The van der Waals surface area contributed by atoms with Crippen molar-refractivity contribution in [1.82, 2.24) is 10.6 Å². The average molecular weight is 413 g/mol. The highest BCUT2D eigenvalue weighted by Crippen LogP contribution is 2.27. The molecule has 0 amide bonds. The SMILES string of the molecule is CCNC(=NCCCC(C)C)NC1CCC(SC)C1.I. The minimum absolute atomic E-state index is 0. The Morgan fingerprint density at radius 2 is 2.10 bits per heavy atom. The van der Waals surface area contributed by atoms with E-state index in [-0.39, 0.29) is 24.0 Å². The van der Waals surface area contributed by atoms with E-state index in [4.69, 9.17) is 0 Å². The Hall–Kier alpha value is 0.350. The first-order valence-corrected chi connectivity index (χ1v) is 9.02. The zero-order valence-electron chi connectivity index (χ0n) is 13.4. The molecule has 0 aliphatic heterocycles. The summed E-state index contributed by atoms with van der Waals surface area (Å²) in [6, 6.07) is 0.611. The standard InChI is InChI=1S/C15H31N3S.HI/c1-5-16-15(17-10-6-7-12(2)3)18-13-8-9-14(11-13)19-4;/h12-14H,5-11H2,1-4H3,(H2,16,17,18);1H. The molecule has 0 saturated heterocycles. The first-order chi connectivity index (χ1) is 9.15. The highest BCUT2D eigenvalue weighted by atomic mass is 127. The number of rotatable bonds is 7. The summed E-state index contributed by atoms with van der Waals surface area (Å²) in [7, 11) is 0. The van der Waals surface area contributed by atoms with Crippen molar-refractivity contribution >= 4 is 41.7 Å². The molecule has 0 aromatic rings. The number of guanidine groups is 1. The summed E-state index contributed by atoms with van der Waals surface area (Å²) in [4.78, 5) is 4.69. The molecule has 0 radical (unpaired) electrons. The van der Waals surface area contributed by atoms with Crippen LogP contribution in [0.3, 0.4) is 0 Å². The van der Waals surface area contributed by atoms with E-state index < -0.39 is 0 Å². The number of nitrogens with one attached hydrogen (secondary N) is 2. The lowest BCUT2D eigenvalue weighted by Gasteiger charge is -2.17. The van der Waals surface area contributed by atoms with Crippen LogP contribution in [0.5, 0.6) is 0 Å². The second kappa shape index (κ2) is 12.0. The Morgan fingerprint density at radius 1 is 1.35 bits per heavy atom. The number of halogens is 1. The lowest BCUT2D eigenvalue weighted by molar-refractivity contribution is 0.558. The molecule has 2 atom stereocenters. The summed E-state index contributed by atoms with van der Waals surface area (Å²) >= 11 is 2.00. The number of hydrogen-bond donors (Lipinski definition) is 2. The molecule has 2 N–H and O–H groups in total. The second-order valence-corrected chi connectivity index (χ2v) is 6.95. The van der Waals surface area contributed by atoms with E-state index in [0.717, 1.165) is 30.2 Å². The number of nitrogens with zero attached hydrogens (tertiary/aromatic N) is 1. The van der Waals surface area contributed by atoms with Crippen molar-refractivity contribution in [1.29, 1.82) is 0 Å². The molecular formula is C15H32IN3S. The fourth-order valence-corrected chi connectivity index (χ4v) is 3.29. The van der Waals surface area contributed by atoms with Crippen molar-refractivity contribution in [2.45, 2.75) is 64.2 Å². The minimum Gasteiger partial charge on any atom is -0.357 e. The predicted octanol–water partition coefficient (Wildman–Crippen LogP) is 3.88. The molecule has 1 aliphatic carbocycles. The molecule has 20 heavy (non-hydrogen) atoms. The first-order valence-electron chi connectivity index (χ1n) is 7.73. The van der Waals surface area contributed by atoms with Crippen molar-refractivity contribution in [3.8, 4) is 0 Å². The van der Waals surface area contributed by atoms with Gasteiger partial charge in [0.15, 0.2) is 5.96 Å². The zero-order valence-corrected chi connectivity index (χ0v) is 16.6. The third kappa shape index (κ3) is 8.60. The molecule has 0 spiro atoms. The summed E-state index contributed by atoms with van der Waals surface area (Å²) in [6.45, 7) is 8.55. The van der Waals surface area contributed by atoms with E-state index in [2.05, 4.69) is 42.7 Å². The summed E-state index contributed by atoms with van der Waals surface area (Å²) < 4.78 is 0. The Morgan fingerprint density at radius 3 is 2.65 bits per heavy atom. The molecule has 0 heterocycles. The van der Waals surface area contributed by atoms with Gasteiger partial charge in [-0.05, 0) is 51.2 Å². The first kappa shape index (κ1) is 20.3. The zero-order chi connectivity index (χ0) is 14.1. The van der Waals surface area contributed by atoms with Crippen LogP contribution in [0.1, 0.15) is 52.9 Å². The molecule has 1 saturated carbocycles. The van der Waals surface area contributed by atoms with E-state index in [1.807, 2.05) is 11.8 Å². The quantitative estimate of drug-likeness (QED) is 0.288. The van der Waals surface area contributed by atoms with Crippen molar-refractivity contribution < 1.29 is 0 Å². The van der Waals surface area contributed by atoms with Crippen molar-refractivity contribution in [3.63, 3.8) is 0 Å². The monoisotopic (exact) mass is 413 g/mol. The van der Waals surface area contributed by atoms with Crippen LogP contribution < -0.4 is 10.6 Å². The molecule has 0 aromatic heterocycles. The maximum Gasteiger partial charge on any atom is 0.191 e. The van der Waals surface area contributed by atoms with Gasteiger partial charge in [0.25, 0.3) is 0 Å². The van der Waals surface area contributed by atoms with Gasteiger partial charge in [-0.25, -0.2) is 0 Å². The van der Waals surface area contributed by atoms with Gasteiger partial charge in [0.2, 0.25) is 0 Å². The van der Waals surface area contributed by atoms with Crippen molar-refractivity contribution in [2.75, 3.05) is 19.3 Å². The molecule has 0 bridgehead atoms. The van der Waals surface area contributed by atoms with Crippen LogP contribution in [0.15, 0.2) is 4.99 Å². The van der Waals surface area contributed by atoms with E-state index >= 15 is 0 Å². The molecule has 0 aromatic carbocycles. The van der Waals surface area contributed by atoms with Crippen LogP contribution in [0.4, 0.5) is 0 Å². The summed E-state index contributed by atoms with van der Waals surface area (Å²) in [5.74, 6) is 1.79. The van der Waals surface area contributed by atoms with E-state index in [0.29, 0.717) is 6.04 Å². The van der Waals surface area contributed by atoms with Gasteiger partial charge in [-0.15, -0.1) is 24.0 Å². The van der Waals surface area contributed by atoms with Crippen LogP contribution in [-0.4, -0.2) is 36.6 Å². The Labute approximate surface area is 146 Å². The molecule has 120 valence electrons. The van der Waals surface area contributed by atoms with E-state index in [9.17, 15) is 0 Å². The molecule has 3 nitrogen and oxygen atoms in total. The van der Waals surface area contributed by atoms with Gasteiger partial charge in [-0.3, -0.25) is 4.99 Å². The fraction of sp³-hybridized carbons (Fsp3) is 0.933. The van der Waals surface area contributed by atoms with Gasteiger partial charge in [-0.1, -0.05) is 13.8 Å². The normalized spacial score (nSPS) is 22.8. The van der Waals surface area contributed by atoms with Gasteiger partial charge < -0.3 is 10.6 Å². The molecular weight excluding hydrogens is 381 g/mol. The molecule has 1 aliphatic rings. The van der Waals surface area contributed by atoms with Crippen LogP contribution >= 0.6 is 35.7 Å². The summed E-state index contributed by atoms with van der Waals surface area (Å²) in [6.07, 6.45) is 8.57. The van der Waals surface area contributed by atoms with Gasteiger partial charge >= 0.3 is 0 Å². The Kier molecular flexibility index (Phi) is 12.2. The molecule has 5 heteroatoms. The predicted molar refractivity (Wildman–Crippen MR) is 104 cm³/mol. The summed E-state index contributed by atoms with van der Waals surface area (Å²) in [5, 5.41) is 7.79. The van der Waals surface area contributed by atoms with Crippen LogP contribution in [0.2, 0.25) is 0 Å². The topological polar surface area (TPSA) is 36.4 Å². The van der Waals surface area contributed by atoms with Gasteiger partial charge in [0.1, 0.15) is 0 Å². The lowest BCUT2D eigenvalue weighted by atomic mass is 10.1. The smallest absolute Gasteiger partial charge is 0.191 e.